The third kappa shape index (κ3) is 3.99. The van der Waals surface area contributed by atoms with Gasteiger partial charge in [-0.1, -0.05) is 36.4 Å². The van der Waals surface area contributed by atoms with Gasteiger partial charge in [-0.05, 0) is 59.0 Å². The first-order chi connectivity index (χ1) is 14.0. The number of fused-ring (bicyclic) bond motifs is 3. The Kier molecular flexibility index (Phi) is 5.04. The molecule has 0 fully saturated rings. The third-order valence-corrected chi connectivity index (χ3v) is 5.05. The second kappa shape index (κ2) is 7.80. The van der Waals surface area contributed by atoms with E-state index in [9.17, 15) is 9.59 Å². The van der Waals surface area contributed by atoms with E-state index in [2.05, 4.69) is 47.0 Å². The molecule has 29 heavy (non-hydrogen) atoms. The second-order valence-electron chi connectivity index (χ2n) is 7.39. The molecule has 5 nitrogen and oxygen atoms in total. The zero-order chi connectivity index (χ0) is 20.4. The van der Waals surface area contributed by atoms with E-state index in [1.54, 1.807) is 38.4 Å². The van der Waals surface area contributed by atoms with Gasteiger partial charge in [0, 0.05) is 31.0 Å². The van der Waals surface area contributed by atoms with E-state index in [4.69, 9.17) is 0 Å². The number of benzene rings is 3. The highest BCUT2D eigenvalue weighted by atomic mass is 16.2. The normalized spacial score (nSPS) is 11.4. The van der Waals surface area contributed by atoms with Gasteiger partial charge in [-0.2, -0.15) is 0 Å². The van der Waals surface area contributed by atoms with Crippen LogP contribution in [0.25, 0.3) is 11.1 Å². The number of carbonyl (C=O) groups is 2. The number of rotatable bonds is 5. The molecule has 0 atom stereocenters. The minimum atomic E-state index is -0.164. The quantitative estimate of drug-likeness (QED) is 0.546. The molecule has 146 valence electrons. The van der Waals surface area contributed by atoms with Crippen LogP contribution in [0.5, 0.6) is 0 Å². The monoisotopic (exact) mass is 385 g/mol. The van der Waals surface area contributed by atoms with Crippen molar-refractivity contribution >= 4 is 23.2 Å². The minimum absolute atomic E-state index is 0.0987. The molecule has 2 amide bonds. The highest BCUT2D eigenvalue weighted by Crippen LogP contribution is 2.37. The maximum Gasteiger partial charge on any atom is 0.253 e. The van der Waals surface area contributed by atoms with Gasteiger partial charge < -0.3 is 15.5 Å². The van der Waals surface area contributed by atoms with Gasteiger partial charge in [0.15, 0.2) is 0 Å². The molecule has 3 aromatic carbocycles. The molecule has 0 unspecified atom stereocenters. The summed E-state index contributed by atoms with van der Waals surface area (Å²) < 4.78 is 0. The van der Waals surface area contributed by atoms with E-state index in [0.717, 1.165) is 12.1 Å². The first-order valence-corrected chi connectivity index (χ1v) is 9.58. The van der Waals surface area contributed by atoms with E-state index in [-0.39, 0.29) is 18.4 Å². The Morgan fingerprint density at radius 2 is 1.66 bits per heavy atom. The fraction of sp³-hybridized carbons (Fsp3) is 0.167. The van der Waals surface area contributed by atoms with Crippen molar-refractivity contribution in [3.63, 3.8) is 0 Å². The van der Waals surface area contributed by atoms with Gasteiger partial charge in [-0.3, -0.25) is 9.59 Å². The Bertz CT molecular complexity index is 1090. The smallest absolute Gasteiger partial charge is 0.253 e. The van der Waals surface area contributed by atoms with Crippen molar-refractivity contribution in [3.05, 3.63) is 83.4 Å². The van der Waals surface area contributed by atoms with Crippen molar-refractivity contribution in [2.75, 3.05) is 31.3 Å². The van der Waals surface area contributed by atoms with Gasteiger partial charge in [0.2, 0.25) is 5.91 Å². The average molecular weight is 385 g/mol. The largest absolute Gasteiger partial charge is 0.376 e. The van der Waals surface area contributed by atoms with Crippen molar-refractivity contribution in [1.82, 2.24) is 4.90 Å². The lowest BCUT2D eigenvalue weighted by Crippen LogP contribution is -2.23. The Morgan fingerprint density at radius 3 is 2.48 bits per heavy atom. The van der Waals surface area contributed by atoms with Gasteiger partial charge in [-0.15, -0.1) is 0 Å². The number of nitrogens with one attached hydrogen (secondary N) is 2. The number of hydrogen-bond acceptors (Lipinski definition) is 3. The summed E-state index contributed by atoms with van der Waals surface area (Å²) in [4.78, 5) is 25.9. The molecule has 0 bridgehead atoms. The fourth-order valence-corrected chi connectivity index (χ4v) is 3.63. The van der Waals surface area contributed by atoms with E-state index in [1.807, 2.05) is 6.07 Å². The number of nitrogens with zero attached hydrogens (tertiary/aromatic N) is 1. The predicted molar refractivity (Wildman–Crippen MR) is 116 cm³/mol. The van der Waals surface area contributed by atoms with Crippen LogP contribution in [0.4, 0.5) is 11.4 Å². The van der Waals surface area contributed by atoms with Crippen molar-refractivity contribution in [2.24, 2.45) is 0 Å². The summed E-state index contributed by atoms with van der Waals surface area (Å²) in [6.07, 6.45) is 0.917. The van der Waals surface area contributed by atoms with Crippen LogP contribution < -0.4 is 10.6 Å². The Morgan fingerprint density at radius 1 is 0.862 bits per heavy atom. The number of carbonyl (C=O) groups excluding carboxylic acids is 2. The minimum Gasteiger partial charge on any atom is -0.376 e. The maximum absolute atomic E-state index is 12.3. The Hall–Kier alpha value is -3.60. The van der Waals surface area contributed by atoms with Gasteiger partial charge in [0.05, 0.1) is 6.54 Å². The highest BCUT2D eigenvalue weighted by molar-refractivity contribution is 5.98. The number of amides is 2. The lowest BCUT2D eigenvalue weighted by molar-refractivity contribution is -0.114. The molecule has 4 rings (SSSR count). The van der Waals surface area contributed by atoms with Crippen LogP contribution in [-0.2, 0) is 11.2 Å². The molecular formula is C24H23N3O2. The maximum atomic E-state index is 12.3. The standard InChI is InChI=1S/C24H23N3O2/c1-27(2)24(29)17-7-5-8-20(13-17)26-23(28)15-25-19-10-11-22-18(14-19)12-16-6-3-4-9-21(16)22/h3-11,13-14,25H,12,15H2,1-2H3,(H,26,28). The van der Waals surface area contributed by atoms with Crippen molar-refractivity contribution in [2.45, 2.75) is 6.42 Å². The van der Waals surface area contributed by atoms with Crippen LogP contribution in [-0.4, -0.2) is 37.4 Å². The first-order valence-electron chi connectivity index (χ1n) is 9.58. The molecule has 2 N–H and O–H groups in total. The average Bonchev–Trinajstić information content (AvgIpc) is 3.09. The zero-order valence-corrected chi connectivity index (χ0v) is 16.5. The Labute approximate surface area is 170 Å². The van der Waals surface area contributed by atoms with Gasteiger partial charge in [0.1, 0.15) is 0 Å². The van der Waals surface area contributed by atoms with Gasteiger partial charge in [0.25, 0.3) is 5.91 Å². The number of anilines is 2. The second-order valence-corrected chi connectivity index (χ2v) is 7.39. The lowest BCUT2D eigenvalue weighted by atomic mass is 10.1. The summed E-state index contributed by atoms with van der Waals surface area (Å²) in [5.74, 6) is -0.262. The summed E-state index contributed by atoms with van der Waals surface area (Å²) in [5, 5.41) is 6.03. The zero-order valence-electron chi connectivity index (χ0n) is 16.5. The van der Waals surface area contributed by atoms with Crippen molar-refractivity contribution in [1.29, 1.82) is 0 Å². The molecule has 0 saturated carbocycles. The molecule has 1 aliphatic carbocycles. The molecular weight excluding hydrogens is 362 g/mol. The Balaban J connectivity index is 1.38. The summed E-state index contributed by atoms with van der Waals surface area (Å²) in [6, 6.07) is 21.6. The fourth-order valence-electron chi connectivity index (χ4n) is 3.63. The molecule has 0 aromatic heterocycles. The summed E-state index contributed by atoms with van der Waals surface area (Å²) in [6.45, 7) is 0.150. The summed E-state index contributed by atoms with van der Waals surface area (Å²) in [5.41, 5.74) is 7.23. The molecule has 0 aliphatic heterocycles. The molecule has 0 saturated heterocycles. The summed E-state index contributed by atoms with van der Waals surface area (Å²) in [7, 11) is 3.40. The van der Waals surface area contributed by atoms with Crippen LogP contribution in [0.15, 0.2) is 66.7 Å². The van der Waals surface area contributed by atoms with Crippen molar-refractivity contribution < 1.29 is 9.59 Å². The van der Waals surface area contributed by atoms with E-state index in [1.165, 1.54) is 27.2 Å². The van der Waals surface area contributed by atoms with E-state index in [0.29, 0.717) is 11.3 Å². The summed E-state index contributed by atoms with van der Waals surface area (Å²) >= 11 is 0. The molecule has 5 heteroatoms. The van der Waals surface area contributed by atoms with Crippen LogP contribution in [0.1, 0.15) is 21.5 Å². The number of hydrogen-bond donors (Lipinski definition) is 2. The van der Waals surface area contributed by atoms with Crippen LogP contribution >= 0.6 is 0 Å². The van der Waals surface area contributed by atoms with Crippen LogP contribution in [0, 0.1) is 0 Å². The molecule has 3 aromatic rings. The van der Waals surface area contributed by atoms with E-state index < -0.39 is 0 Å². The molecule has 0 spiro atoms. The lowest BCUT2D eigenvalue weighted by Gasteiger charge is -2.12. The first kappa shape index (κ1) is 18.7. The molecule has 1 aliphatic rings. The van der Waals surface area contributed by atoms with Crippen molar-refractivity contribution in [3.8, 4) is 11.1 Å². The third-order valence-electron chi connectivity index (χ3n) is 5.05. The van der Waals surface area contributed by atoms with E-state index >= 15 is 0 Å². The molecule has 0 radical (unpaired) electrons. The van der Waals surface area contributed by atoms with Gasteiger partial charge >= 0.3 is 0 Å². The van der Waals surface area contributed by atoms with Gasteiger partial charge in [-0.25, -0.2) is 0 Å². The van der Waals surface area contributed by atoms with Crippen LogP contribution in [0.3, 0.4) is 0 Å². The molecule has 0 heterocycles. The SMILES string of the molecule is CN(C)C(=O)c1cccc(NC(=O)CNc2ccc3c(c2)Cc2ccccc2-3)c1. The van der Waals surface area contributed by atoms with Crippen LogP contribution in [0.2, 0.25) is 0 Å². The predicted octanol–water partition coefficient (Wildman–Crippen LogP) is 4.01. The topological polar surface area (TPSA) is 61.4 Å². The highest BCUT2D eigenvalue weighted by Gasteiger charge is 2.18.